The molecule has 3 nitrogen and oxygen atoms in total. The molecule has 2 atom stereocenters. The molecule has 0 aromatic heterocycles. The minimum atomic E-state index is 0.302. The molecular formula is C16H31N3. The highest BCUT2D eigenvalue weighted by molar-refractivity contribution is 5.10. The van der Waals surface area contributed by atoms with Crippen LogP contribution in [0.15, 0.2) is 0 Å². The predicted molar refractivity (Wildman–Crippen MR) is 80.2 cm³/mol. The van der Waals surface area contributed by atoms with Crippen molar-refractivity contribution in [3.8, 4) is 0 Å². The van der Waals surface area contributed by atoms with Crippen LogP contribution in [-0.4, -0.2) is 54.1 Å². The highest BCUT2D eigenvalue weighted by Crippen LogP contribution is 2.42. The minimum absolute atomic E-state index is 0.302. The van der Waals surface area contributed by atoms with E-state index >= 15 is 0 Å². The number of nitrogens with zero attached hydrogens (tertiary/aromatic N) is 2. The Kier molecular flexibility index (Phi) is 3.65. The zero-order chi connectivity index (χ0) is 13.5. The number of likely N-dealkylation sites (tertiary alicyclic amines) is 1. The van der Waals surface area contributed by atoms with Crippen LogP contribution >= 0.6 is 0 Å². The molecule has 2 unspecified atom stereocenters. The van der Waals surface area contributed by atoms with Crippen LogP contribution in [0.25, 0.3) is 0 Å². The number of hydrogen-bond acceptors (Lipinski definition) is 3. The second-order valence-electron chi connectivity index (χ2n) is 7.76. The van der Waals surface area contributed by atoms with E-state index in [-0.39, 0.29) is 0 Å². The van der Waals surface area contributed by atoms with Crippen molar-refractivity contribution in [2.45, 2.75) is 64.0 Å². The minimum Gasteiger partial charge on any atom is -0.329 e. The fourth-order valence-electron chi connectivity index (χ4n) is 4.81. The summed E-state index contributed by atoms with van der Waals surface area (Å²) in [5.74, 6) is 0. The second-order valence-corrected chi connectivity index (χ2v) is 7.76. The number of rotatable bonds is 2. The largest absolute Gasteiger partial charge is 0.329 e. The quantitative estimate of drug-likeness (QED) is 0.829. The molecule has 2 N–H and O–H groups in total. The summed E-state index contributed by atoms with van der Waals surface area (Å²) in [7, 11) is 0. The summed E-state index contributed by atoms with van der Waals surface area (Å²) < 4.78 is 0. The number of hydrogen-bond donors (Lipinski definition) is 1. The van der Waals surface area contributed by atoms with Crippen LogP contribution in [0.2, 0.25) is 0 Å². The van der Waals surface area contributed by atoms with Crippen molar-refractivity contribution >= 4 is 0 Å². The Morgan fingerprint density at radius 1 is 1.00 bits per heavy atom. The van der Waals surface area contributed by atoms with Gasteiger partial charge < -0.3 is 5.73 Å². The maximum absolute atomic E-state index is 6.31. The monoisotopic (exact) mass is 265 g/mol. The lowest BCUT2D eigenvalue weighted by Gasteiger charge is -2.44. The highest BCUT2D eigenvalue weighted by Gasteiger charge is 2.51. The van der Waals surface area contributed by atoms with Gasteiger partial charge in [0.1, 0.15) is 0 Å². The summed E-state index contributed by atoms with van der Waals surface area (Å²) in [6, 6.07) is 0.749. The Morgan fingerprint density at radius 3 is 2.63 bits per heavy atom. The molecule has 3 heteroatoms. The van der Waals surface area contributed by atoms with Crippen LogP contribution < -0.4 is 5.73 Å². The average Bonchev–Trinajstić information content (AvgIpc) is 2.91. The Labute approximate surface area is 118 Å². The van der Waals surface area contributed by atoms with Crippen molar-refractivity contribution < 1.29 is 0 Å². The summed E-state index contributed by atoms with van der Waals surface area (Å²) in [5.41, 5.74) is 7.13. The molecule has 0 bridgehead atoms. The SMILES string of the molecule is CC1(C)CCCN(C2(CN)CCN3CCCC32)CC1. The van der Waals surface area contributed by atoms with Crippen molar-refractivity contribution in [2.24, 2.45) is 11.1 Å². The molecular weight excluding hydrogens is 234 g/mol. The van der Waals surface area contributed by atoms with E-state index in [1.807, 2.05) is 0 Å². The molecule has 3 fully saturated rings. The maximum atomic E-state index is 6.31. The summed E-state index contributed by atoms with van der Waals surface area (Å²) >= 11 is 0. The molecule has 3 aliphatic heterocycles. The van der Waals surface area contributed by atoms with Gasteiger partial charge in [0.15, 0.2) is 0 Å². The summed E-state index contributed by atoms with van der Waals surface area (Å²) in [5, 5.41) is 0. The lowest BCUT2D eigenvalue weighted by molar-refractivity contribution is 0.0657. The van der Waals surface area contributed by atoms with Crippen molar-refractivity contribution in [3.63, 3.8) is 0 Å². The topological polar surface area (TPSA) is 32.5 Å². The van der Waals surface area contributed by atoms with E-state index in [0.717, 1.165) is 12.6 Å². The van der Waals surface area contributed by atoms with Crippen LogP contribution in [0.4, 0.5) is 0 Å². The molecule has 0 spiro atoms. The molecule has 0 saturated carbocycles. The first-order valence-corrected chi connectivity index (χ1v) is 8.27. The zero-order valence-electron chi connectivity index (χ0n) is 12.8. The Morgan fingerprint density at radius 2 is 1.84 bits per heavy atom. The zero-order valence-corrected chi connectivity index (χ0v) is 12.8. The van der Waals surface area contributed by atoms with Crippen LogP contribution in [0, 0.1) is 5.41 Å². The summed E-state index contributed by atoms with van der Waals surface area (Å²) in [6.07, 6.45) is 8.11. The van der Waals surface area contributed by atoms with Gasteiger partial charge in [-0.15, -0.1) is 0 Å². The van der Waals surface area contributed by atoms with Crippen LogP contribution in [0.5, 0.6) is 0 Å². The van der Waals surface area contributed by atoms with Crippen molar-refractivity contribution in [1.82, 2.24) is 9.80 Å². The fraction of sp³-hybridized carbons (Fsp3) is 1.00. The molecule has 3 rings (SSSR count). The third kappa shape index (κ3) is 2.34. The normalized spacial score (nSPS) is 40.3. The molecule has 0 radical (unpaired) electrons. The van der Waals surface area contributed by atoms with Gasteiger partial charge >= 0.3 is 0 Å². The highest BCUT2D eigenvalue weighted by atomic mass is 15.3. The fourth-order valence-corrected chi connectivity index (χ4v) is 4.81. The van der Waals surface area contributed by atoms with Gasteiger partial charge in [-0.1, -0.05) is 13.8 Å². The van der Waals surface area contributed by atoms with Gasteiger partial charge in [-0.3, -0.25) is 9.80 Å². The first-order valence-electron chi connectivity index (χ1n) is 8.27. The summed E-state index contributed by atoms with van der Waals surface area (Å²) in [4.78, 5) is 5.50. The molecule has 0 amide bonds. The van der Waals surface area contributed by atoms with E-state index in [2.05, 4.69) is 23.6 Å². The van der Waals surface area contributed by atoms with E-state index in [4.69, 9.17) is 5.73 Å². The predicted octanol–water partition coefficient (Wildman–Crippen LogP) is 2.06. The van der Waals surface area contributed by atoms with Crippen LogP contribution in [-0.2, 0) is 0 Å². The number of nitrogens with two attached hydrogens (primary N) is 1. The van der Waals surface area contributed by atoms with Gasteiger partial charge in [0.05, 0.1) is 0 Å². The Balaban J connectivity index is 1.78. The standard InChI is InChI=1S/C16H31N3/c1-15(2)6-4-10-19(12-7-15)16(13-17)8-11-18-9-3-5-14(16)18/h14H,3-13,17H2,1-2H3. The first-order chi connectivity index (χ1) is 9.07. The van der Waals surface area contributed by atoms with Crippen molar-refractivity contribution in [3.05, 3.63) is 0 Å². The molecule has 3 saturated heterocycles. The lowest BCUT2D eigenvalue weighted by Crippen LogP contribution is -2.60. The van der Waals surface area contributed by atoms with Gasteiger partial charge in [0.2, 0.25) is 0 Å². The van der Waals surface area contributed by atoms with Crippen molar-refractivity contribution in [2.75, 3.05) is 32.7 Å². The van der Waals surface area contributed by atoms with Crippen molar-refractivity contribution in [1.29, 1.82) is 0 Å². The molecule has 0 aromatic carbocycles. The molecule has 19 heavy (non-hydrogen) atoms. The number of fused-ring (bicyclic) bond motifs is 1. The summed E-state index contributed by atoms with van der Waals surface area (Å²) in [6.45, 7) is 10.8. The smallest absolute Gasteiger partial charge is 0.0498 e. The Hall–Kier alpha value is -0.120. The van der Waals surface area contributed by atoms with E-state index < -0.39 is 0 Å². The van der Waals surface area contributed by atoms with Gasteiger partial charge in [0.25, 0.3) is 0 Å². The van der Waals surface area contributed by atoms with E-state index in [0.29, 0.717) is 11.0 Å². The van der Waals surface area contributed by atoms with E-state index in [9.17, 15) is 0 Å². The molecule has 3 aliphatic rings. The molecule has 3 heterocycles. The Bertz CT molecular complexity index is 328. The van der Waals surface area contributed by atoms with Crippen LogP contribution in [0.3, 0.4) is 0 Å². The van der Waals surface area contributed by atoms with Gasteiger partial charge in [-0.25, -0.2) is 0 Å². The first kappa shape index (κ1) is 13.8. The van der Waals surface area contributed by atoms with Gasteiger partial charge in [0, 0.05) is 24.7 Å². The average molecular weight is 265 g/mol. The third-order valence-electron chi connectivity index (χ3n) is 6.14. The van der Waals surface area contributed by atoms with Gasteiger partial charge in [-0.2, -0.15) is 0 Å². The molecule has 110 valence electrons. The van der Waals surface area contributed by atoms with E-state index in [1.54, 1.807) is 0 Å². The van der Waals surface area contributed by atoms with Crippen LogP contribution in [0.1, 0.15) is 52.4 Å². The maximum Gasteiger partial charge on any atom is 0.0498 e. The van der Waals surface area contributed by atoms with Gasteiger partial charge in [-0.05, 0) is 63.6 Å². The molecule has 0 aliphatic carbocycles. The third-order valence-corrected chi connectivity index (χ3v) is 6.14. The second kappa shape index (κ2) is 5.01. The lowest BCUT2D eigenvalue weighted by atomic mass is 9.84. The molecule has 0 aromatic rings. The van der Waals surface area contributed by atoms with E-state index in [1.165, 1.54) is 64.7 Å².